The normalized spacial score (nSPS) is 20.5. The summed E-state index contributed by atoms with van der Waals surface area (Å²) in [4.78, 5) is 12.2. The fraction of sp³-hybridized carbons (Fsp3) is 0.462. The van der Waals surface area contributed by atoms with Crippen LogP contribution in [0.2, 0.25) is 0 Å². The first-order valence-electron chi connectivity index (χ1n) is 11.9. The van der Waals surface area contributed by atoms with Crippen LogP contribution in [0.15, 0.2) is 36.4 Å². The Kier molecular flexibility index (Phi) is 5.10. The number of fused-ring (bicyclic) bond motifs is 3. The van der Waals surface area contributed by atoms with E-state index in [0.717, 1.165) is 61.1 Å². The third-order valence-electron chi connectivity index (χ3n) is 7.07. The van der Waals surface area contributed by atoms with E-state index in [-0.39, 0.29) is 6.10 Å². The molecule has 0 saturated carbocycles. The van der Waals surface area contributed by atoms with Gasteiger partial charge < -0.3 is 19.7 Å². The van der Waals surface area contributed by atoms with Crippen LogP contribution in [-0.2, 0) is 12.8 Å². The number of anilines is 1. The number of ether oxygens (including phenoxy) is 2. The zero-order chi connectivity index (χ0) is 21.5. The first-order chi connectivity index (χ1) is 15.7. The van der Waals surface area contributed by atoms with Gasteiger partial charge in [0.15, 0.2) is 11.5 Å². The molecule has 3 aliphatic rings. The Morgan fingerprint density at radius 3 is 2.66 bits per heavy atom. The van der Waals surface area contributed by atoms with Gasteiger partial charge in [-0.25, -0.2) is 9.97 Å². The van der Waals surface area contributed by atoms with Crippen LogP contribution in [0.5, 0.6) is 11.5 Å². The van der Waals surface area contributed by atoms with Crippen molar-refractivity contribution in [3.8, 4) is 11.5 Å². The molecule has 6 heteroatoms. The Balaban J connectivity index is 1.07. The summed E-state index contributed by atoms with van der Waals surface area (Å²) >= 11 is 0. The van der Waals surface area contributed by atoms with Crippen LogP contribution < -0.4 is 19.7 Å². The predicted octanol–water partition coefficient (Wildman–Crippen LogP) is 3.83. The molecular weight excluding hydrogens is 400 g/mol. The number of rotatable bonds is 4. The molecule has 0 spiro atoms. The molecule has 0 radical (unpaired) electrons. The molecule has 2 aromatic carbocycles. The number of hydrogen-bond donors (Lipinski definition) is 1. The molecule has 6 nitrogen and oxygen atoms in total. The lowest BCUT2D eigenvalue weighted by atomic mass is 10.0. The van der Waals surface area contributed by atoms with Gasteiger partial charge in [-0.1, -0.05) is 12.1 Å². The second kappa shape index (κ2) is 8.24. The minimum Gasteiger partial charge on any atom is -0.486 e. The summed E-state index contributed by atoms with van der Waals surface area (Å²) in [5.74, 6) is 2.56. The maximum absolute atomic E-state index is 6.08. The van der Waals surface area contributed by atoms with Gasteiger partial charge in [-0.05, 0) is 74.4 Å². The van der Waals surface area contributed by atoms with Crippen LogP contribution in [0.3, 0.4) is 0 Å². The fourth-order valence-electron chi connectivity index (χ4n) is 5.22. The SMILES string of the molecule is Cc1nc(N2CCC(NCC3COc4ccccc4O3)CC2)nc2cc3c(cc12)CCC3. The molecular formula is C26H30N4O2. The molecule has 1 fully saturated rings. The van der Waals surface area contributed by atoms with E-state index in [1.807, 2.05) is 24.3 Å². The van der Waals surface area contributed by atoms with Gasteiger partial charge in [-0.3, -0.25) is 0 Å². The molecule has 32 heavy (non-hydrogen) atoms. The molecule has 1 aliphatic carbocycles. The maximum atomic E-state index is 6.08. The monoisotopic (exact) mass is 430 g/mol. The Hall–Kier alpha value is -2.86. The maximum Gasteiger partial charge on any atom is 0.226 e. The van der Waals surface area contributed by atoms with Gasteiger partial charge in [0, 0.05) is 31.1 Å². The van der Waals surface area contributed by atoms with E-state index >= 15 is 0 Å². The van der Waals surface area contributed by atoms with Crippen molar-refractivity contribution in [3.05, 3.63) is 53.2 Å². The van der Waals surface area contributed by atoms with Gasteiger partial charge in [0.1, 0.15) is 12.7 Å². The highest BCUT2D eigenvalue weighted by Gasteiger charge is 2.25. The molecule has 1 aromatic heterocycles. The van der Waals surface area contributed by atoms with E-state index in [0.29, 0.717) is 12.6 Å². The van der Waals surface area contributed by atoms with E-state index in [1.165, 1.54) is 35.8 Å². The van der Waals surface area contributed by atoms with Gasteiger partial charge in [-0.15, -0.1) is 0 Å². The first kappa shape index (κ1) is 19.8. The van der Waals surface area contributed by atoms with E-state index in [2.05, 4.69) is 29.3 Å². The largest absolute Gasteiger partial charge is 0.486 e. The molecule has 2 aliphatic heterocycles. The van der Waals surface area contributed by atoms with Crippen molar-refractivity contribution in [2.24, 2.45) is 0 Å². The minimum absolute atomic E-state index is 0.0520. The van der Waals surface area contributed by atoms with Gasteiger partial charge in [0.25, 0.3) is 0 Å². The number of para-hydroxylation sites is 2. The second-order valence-electron chi connectivity index (χ2n) is 9.27. The first-order valence-corrected chi connectivity index (χ1v) is 11.9. The third kappa shape index (κ3) is 3.77. The van der Waals surface area contributed by atoms with Crippen LogP contribution in [-0.4, -0.2) is 48.4 Å². The van der Waals surface area contributed by atoms with Crippen molar-refractivity contribution in [3.63, 3.8) is 0 Å². The Labute approximate surface area is 189 Å². The van der Waals surface area contributed by atoms with Crippen LogP contribution in [0.4, 0.5) is 5.95 Å². The van der Waals surface area contributed by atoms with Gasteiger partial charge >= 0.3 is 0 Å². The minimum atomic E-state index is 0.0520. The summed E-state index contributed by atoms with van der Waals surface area (Å²) < 4.78 is 11.9. The van der Waals surface area contributed by atoms with E-state index in [4.69, 9.17) is 19.4 Å². The molecule has 1 unspecified atom stereocenters. The van der Waals surface area contributed by atoms with Crippen molar-refractivity contribution in [1.82, 2.24) is 15.3 Å². The highest BCUT2D eigenvalue weighted by molar-refractivity contribution is 5.84. The van der Waals surface area contributed by atoms with E-state index in [1.54, 1.807) is 0 Å². The molecule has 1 atom stereocenters. The molecule has 3 aromatic rings. The fourth-order valence-corrected chi connectivity index (χ4v) is 5.22. The second-order valence-corrected chi connectivity index (χ2v) is 9.27. The lowest BCUT2D eigenvalue weighted by Crippen LogP contribution is -2.47. The highest BCUT2D eigenvalue weighted by atomic mass is 16.6. The Bertz CT molecular complexity index is 1140. The van der Waals surface area contributed by atoms with Crippen molar-refractivity contribution < 1.29 is 9.47 Å². The van der Waals surface area contributed by atoms with Crippen molar-refractivity contribution in [2.75, 3.05) is 31.1 Å². The average Bonchev–Trinajstić information content (AvgIpc) is 3.29. The van der Waals surface area contributed by atoms with Crippen molar-refractivity contribution in [2.45, 2.75) is 51.2 Å². The van der Waals surface area contributed by atoms with Crippen molar-refractivity contribution in [1.29, 1.82) is 0 Å². The van der Waals surface area contributed by atoms with Crippen molar-refractivity contribution >= 4 is 16.9 Å². The Morgan fingerprint density at radius 1 is 1.03 bits per heavy atom. The van der Waals surface area contributed by atoms with E-state index in [9.17, 15) is 0 Å². The number of piperidine rings is 1. The molecule has 6 rings (SSSR count). The summed E-state index contributed by atoms with van der Waals surface area (Å²) in [6.07, 6.45) is 5.84. The molecule has 0 bridgehead atoms. The lowest BCUT2D eigenvalue weighted by Gasteiger charge is -2.34. The molecule has 1 N–H and O–H groups in total. The topological polar surface area (TPSA) is 59.5 Å². The summed E-state index contributed by atoms with van der Waals surface area (Å²) in [6.45, 7) is 5.46. The number of nitrogens with one attached hydrogen (secondary N) is 1. The van der Waals surface area contributed by atoms with Crippen LogP contribution in [0, 0.1) is 6.92 Å². The lowest BCUT2D eigenvalue weighted by molar-refractivity contribution is 0.0873. The summed E-state index contributed by atoms with van der Waals surface area (Å²) in [5, 5.41) is 4.90. The smallest absolute Gasteiger partial charge is 0.226 e. The highest BCUT2D eigenvalue weighted by Crippen LogP contribution is 2.31. The van der Waals surface area contributed by atoms with Crippen LogP contribution in [0.1, 0.15) is 36.1 Å². The molecule has 166 valence electrons. The summed E-state index contributed by atoms with van der Waals surface area (Å²) in [6, 6.07) is 13.0. The third-order valence-corrected chi connectivity index (χ3v) is 7.07. The zero-order valence-corrected chi connectivity index (χ0v) is 18.6. The van der Waals surface area contributed by atoms with Gasteiger partial charge in [0.05, 0.1) is 11.2 Å². The predicted molar refractivity (Wildman–Crippen MR) is 126 cm³/mol. The van der Waals surface area contributed by atoms with Gasteiger partial charge in [0.2, 0.25) is 5.95 Å². The van der Waals surface area contributed by atoms with Crippen LogP contribution >= 0.6 is 0 Å². The Morgan fingerprint density at radius 2 is 1.81 bits per heavy atom. The summed E-state index contributed by atoms with van der Waals surface area (Å²) in [5.41, 5.74) is 5.15. The molecule has 0 amide bonds. The number of aryl methyl sites for hydroxylation is 3. The van der Waals surface area contributed by atoms with Gasteiger partial charge in [-0.2, -0.15) is 0 Å². The number of hydrogen-bond acceptors (Lipinski definition) is 6. The van der Waals surface area contributed by atoms with E-state index < -0.39 is 0 Å². The molecule has 3 heterocycles. The quantitative estimate of drug-likeness (QED) is 0.679. The number of nitrogens with zero attached hydrogens (tertiary/aromatic N) is 3. The zero-order valence-electron chi connectivity index (χ0n) is 18.6. The number of aromatic nitrogens is 2. The number of benzene rings is 2. The van der Waals surface area contributed by atoms with Crippen LogP contribution in [0.25, 0.3) is 10.9 Å². The average molecular weight is 431 g/mol. The molecule has 1 saturated heterocycles. The standard InChI is InChI=1S/C26H30N4O2/c1-17-22-13-18-5-4-6-19(18)14-23(22)29-26(28-17)30-11-9-20(10-12-30)27-15-21-16-31-24-7-2-3-8-25(24)32-21/h2-3,7-8,13-14,20-21,27H,4-6,9-12,15-16H2,1H3. The summed E-state index contributed by atoms with van der Waals surface area (Å²) in [7, 11) is 0.